The monoisotopic (exact) mass is 328 g/mol. The van der Waals surface area contributed by atoms with Crippen LogP contribution in [0.15, 0.2) is 24.3 Å². The van der Waals surface area contributed by atoms with Gasteiger partial charge in [-0.2, -0.15) is 0 Å². The van der Waals surface area contributed by atoms with Gasteiger partial charge in [-0.3, -0.25) is 4.79 Å². The lowest BCUT2D eigenvalue weighted by molar-refractivity contribution is 0.0867. The highest BCUT2D eigenvalue weighted by Gasteiger charge is 2.26. The van der Waals surface area contributed by atoms with Crippen molar-refractivity contribution >= 4 is 28.4 Å². The van der Waals surface area contributed by atoms with Gasteiger partial charge >= 0.3 is 0 Å². The summed E-state index contributed by atoms with van der Waals surface area (Å²) in [5, 5.41) is 0. The molecule has 0 aliphatic heterocycles. The third-order valence-corrected chi connectivity index (χ3v) is 4.39. The second-order valence-electron chi connectivity index (χ2n) is 4.81. The van der Waals surface area contributed by atoms with E-state index in [9.17, 15) is 4.79 Å². The van der Waals surface area contributed by atoms with Crippen LogP contribution in [0.4, 0.5) is 0 Å². The molecule has 16 heavy (non-hydrogen) atoms. The average Bonchev–Trinajstić information content (AvgIpc) is 2.29. The summed E-state index contributed by atoms with van der Waals surface area (Å²) in [6, 6.07) is 7.92. The first-order valence-electron chi connectivity index (χ1n) is 5.97. The van der Waals surface area contributed by atoms with Crippen molar-refractivity contribution in [2.24, 2.45) is 11.8 Å². The van der Waals surface area contributed by atoms with Crippen molar-refractivity contribution < 1.29 is 4.79 Å². The minimum absolute atomic E-state index is 0.264. The molecule has 0 saturated heterocycles. The van der Waals surface area contributed by atoms with Crippen molar-refractivity contribution in [3.8, 4) is 0 Å². The largest absolute Gasteiger partial charge is 0.294 e. The molecule has 86 valence electrons. The predicted molar refractivity (Wildman–Crippen MR) is 74.6 cm³/mol. The van der Waals surface area contributed by atoms with Gasteiger partial charge in [-0.1, -0.05) is 38.0 Å². The van der Waals surface area contributed by atoms with Gasteiger partial charge in [0.25, 0.3) is 0 Å². The molecule has 0 bridgehead atoms. The summed E-state index contributed by atoms with van der Waals surface area (Å²) in [7, 11) is 0. The molecule has 1 nitrogen and oxygen atoms in total. The van der Waals surface area contributed by atoms with E-state index >= 15 is 0 Å². The number of Topliss-reactive ketones (excluding diaryl/α,β-unsaturated/α-hetero) is 1. The van der Waals surface area contributed by atoms with E-state index in [-0.39, 0.29) is 5.92 Å². The van der Waals surface area contributed by atoms with Gasteiger partial charge < -0.3 is 0 Å². The zero-order valence-electron chi connectivity index (χ0n) is 9.58. The van der Waals surface area contributed by atoms with E-state index in [4.69, 9.17) is 0 Å². The standard InChI is InChI=1S/C14H17IO/c1-10-5-4-6-11(9-10)14(16)12-7-2-3-8-13(12)15/h2-3,7-8,10-11H,4-6,9H2,1H3. The van der Waals surface area contributed by atoms with Crippen LogP contribution in [0.3, 0.4) is 0 Å². The highest BCUT2D eigenvalue weighted by molar-refractivity contribution is 14.1. The first-order valence-corrected chi connectivity index (χ1v) is 7.05. The smallest absolute Gasteiger partial charge is 0.167 e. The number of hydrogen-bond donors (Lipinski definition) is 0. The highest BCUT2D eigenvalue weighted by Crippen LogP contribution is 2.31. The molecule has 1 saturated carbocycles. The first-order chi connectivity index (χ1) is 7.68. The van der Waals surface area contributed by atoms with Gasteiger partial charge in [0.15, 0.2) is 5.78 Å². The van der Waals surface area contributed by atoms with Crippen molar-refractivity contribution in [1.82, 2.24) is 0 Å². The van der Waals surface area contributed by atoms with E-state index in [0.29, 0.717) is 11.7 Å². The number of carbonyl (C=O) groups excluding carboxylic acids is 1. The number of carbonyl (C=O) groups is 1. The molecule has 1 aliphatic carbocycles. The SMILES string of the molecule is CC1CCCC(C(=O)c2ccccc2I)C1. The minimum atomic E-state index is 0.264. The molecule has 0 spiro atoms. The molecule has 0 heterocycles. The van der Waals surface area contributed by atoms with Crippen LogP contribution in [-0.2, 0) is 0 Å². The van der Waals surface area contributed by atoms with Crippen molar-refractivity contribution in [1.29, 1.82) is 0 Å². The molecular formula is C14H17IO. The number of ketones is 1. The molecule has 1 aliphatic rings. The summed E-state index contributed by atoms with van der Waals surface area (Å²) in [6.07, 6.45) is 4.65. The van der Waals surface area contributed by atoms with Crippen LogP contribution in [0.2, 0.25) is 0 Å². The van der Waals surface area contributed by atoms with Gasteiger partial charge in [0.05, 0.1) is 0 Å². The van der Waals surface area contributed by atoms with Gasteiger partial charge in [-0.25, -0.2) is 0 Å². The molecular weight excluding hydrogens is 311 g/mol. The summed E-state index contributed by atoms with van der Waals surface area (Å²) in [5.74, 6) is 1.33. The van der Waals surface area contributed by atoms with E-state index in [1.807, 2.05) is 24.3 Å². The summed E-state index contributed by atoms with van der Waals surface area (Å²) in [4.78, 5) is 12.4. The topological polar surface area (TPSA) is 17.1 Å². The zero-order chi connectivity index (χ0) is 11.5. The van der Waals surface area contributed by atoms with E-state index in [1.165, 1.54) is 12.8 Å². The van der Waals surface area contributed by atoms with Crippen LogP contribution in [0.25, 0.3) is 0 Å². The lowest BCUT2D eigenvalue weighted by Crippen LogP contribution is -2.22. The summed E-state index contributed by atoms with van der Waals surface area (Å²) >= 11 is 2.26. The Morgan fingerprint density at radius 1 is 1.31 bits per heavy atom. The maximum absolute atomic E-state index is 12.4. The molecule has 0 radical (unpaired) electrons. The molecule has 1 fully saturated rings. The Bertz CT molecular complexity index is 386. The Hall–Kier alpha value is -0.380. The van der Waals surface area contributed by atoms with E-state index < -0.39 is 0 Å². The van der Waals surface area contributed by atoms with Gasteiger partial charge in [-0.15, -0.1) is 0 Å². The average molecular weight is 328 g/mol. The third kappa shape index (κ3) is 2.65. The Balaban J connectivity index is 2.16. The third-order valence-electron chi connectivity index (χ3n) is 3.45. The summed E-state index contributed by atoms with van der Waals surface area (Å²) in [6.45, 7) is 2.26. The second-order valence-corrected chi connectivity index (χ2v) is 5.97. The Morgan fingerprint density at radius 3 is 2.75 bits per heavy atom. The quantitative estimate of drug-likeness (QED) is 0.584. The van der Waals surface area contributed by atoms with E-state index in [2.05, 4.69) is 29.5 Å². The molecule has 0 amide bonds. The van der Waals surface area contributed by atoms with E-state index in [1.54, 1.807) is 0 Å². The van der Waals surface area contributed by atoms with Gasteiger partial charge in [0.1, 0.15) is 0 Å². The fraction of sp³-hybridized carbons (Fsp3) is 0.500. The lowest BCUT2D eigenvalue weighted by atomic mass is 9.79. The van der Waals surface area contributed by atoms with Crippen LogP contribution < -0.4 is 0 Å². The first kappa shape index (κ1) is 12.1. The molecule has 1 aromatic carbocycles. The van der Waals surface area contributed by atoms with Crippen molar-refractivity contribution in [2.75, 3.05) is 0 Å². The molecule has 0 N–H and O–H groups in total. The van der Waals surface area contributed by atoms with Crippen LogP contribution in [0.5, 0.6) is 0 Å². The maximum Gasteiger partial charge on any atom is 0.167 e. The number of rotatable bonds is 2. The Kier molecular flexibility index (Phi) is 4.00. The van der Waals surface area contributed by atoms with Crippen LogP contribution >= 0.6 is 22.6 Å². The van der Waals surface area contributed by atoms with Gasteiger partial charge in [0.2, 0.25) is 0 Å². The van der Waals surface area contributed by atoms with Crippen molar-refractivity contribution in [3.05, 3.63) is 33.4 Å². The maximum atomic E-state index is 12.4. The van der Waals surface area contributed by atoms with Crippen molar-refractivity contribution in [3.63, 3.8) is 0 Å². The molecule has 2 heteroatoms. The predicted octanol–water partition coefficient (Wildman–Crippen LogP) is 4.30. The van der Waals surface area contributed by atoms with Gasteiger partial charge in [-0.05, 0) is 47.4 Å². The fourth-order valence-corrected chi connectivity index (χ4v) is 3.21. The van der Waals surface area contributed by atoms with Crippen LogP contribution in [-0.4, -0.2) is 5.78 Å². The van der Waals surface area contributed by atoms with E-state index in [0.717, 1.165) is 22.0 Å². The molecule has 2 unspecified atom stereocenters. The molecule has 1 aromatic rings. The lowest BCUT2D eigenvalue weighted by Gasteiger charge is -2.25. The highest BCUT2D eigenvalue weighted by atomic mass is 127. The number of benzene rings is 1. The minimum Gasteiger partial charge on any atom is -0.294 e. The number of hydrogen-bond acceptors (Lipinski definition) is 1. The molecule has 2 atom stereocenters. The Labute approximate surface area is 111 Å². The molecule has 0 aromatic heterocycles. The fourth-order valence-electron chi connectivity index (χ4n) is 2.55. The Morgan fingerprint density at radius 2 is 2.06 bits per heavy atom. The summed E-state index contributed by atoms with van der Waals surface area (Å²) in [5.41, 5.74) is 0.919. The molecule has 2 rings (SSSR count). The normalized spacial score (nSPS) is 25.4. The van der Waals surface area contributed by atoms with Crippen molar-refractivity contribution in [2.45, 2.75) is 32.6 Å². The van der Waals surface area contributed by atoms with Crippen LogP contribution in [0, 0.1) is 15.4 Å². The van der Waals surface area contributed by atoms with Crippen LogP contribution in [0.1, 0.15) is 43.0 Å². The number of halogens is 1. The summed E-state index contributed by atoms with van der Waals surface area (Å²) < 4.78 is 1.09. The second kappa shape index (κ2) is 5.30. The van der Waals surface area contributed by atoms with Gasteiger partial charge in [0, 0.05) is 15.1 Å². The zero-order valence-corrected chi connectivity index (χ0v) is 11.7.